The van der Waals surface area contributed by atoms with E-state index in [1.165, 1.54) is 0 Å². The van der Waals surface area contributed by atoms with E-state index < -0.39 is 0 Å². The molecule has 1 aliphatic carbocycles. The zero-order valence-electron chi connectivity index (χ0n) is 17.5. The number of aromatic nitrogens is 4. The van der Waals surface area contributed by atoms with Gasteiger partial charge in [-0.2, -0.15) is 0 Å². The summed E-state index contributed by atoms with van der Waals surface area (Å²) >= 11 is 0. The molecule has 0 atom stereocenters. The molecule has 1 aliphatic rings. The number of fused-ring (bicyclic) bond motifs is 1. The highest BCUT2D eigenvalue weighted by atomic mass is 16.1. The lowest BCUT2D eigenvalue weighted by molar-refractivity contribution is 0.0910. The molecule has 4 aromatic rings. The first kappa shape index (κ1) is 19.2. The molecule has 154 valence electrons. The average molecular weight is 409 g/mol. The highest BCUT2D eigenvalue weighted by molar-refractivity contribution is 5.98. The van der Waals surface area contributed by atoms with Gasteiger partial charge in [0.05, 0.1) is 17.6 Å². The summed E-state index contributed by atoms with van der Waals surface area (Å²) in [5, 5.41) is 0. The number of carbonyl (C=O) groups is 1. The molecule has 0 spiro atoms. The molecule has 0 bridgehead atoms. The van der Waals surface area contributed by atoms with Crippen LogP contribution in [0.4, 0.5) is 5.82 Å². The minimum Gasteiger partial charge on any atom is -0.383 e. The van der Waals surface area contributed by atoms with Gasteiger partial charge in [0.1, 0.15) is 17.2 Å². The zero-order chi connectivity index (χ0) is 21.6. The van der Waals surface area contributed by atoms with Crippen molar-refractivity contribution in [2.24, 2.45) is 5.41 Å². The van der Waals surface area contributed by atoms with Gasteiger partial charge in [0.25, 0.3) is 0 Å². The molecule has 6 nitrogen and oxygen atoms in total. The number of anilines is 1. The van der Waals surface area contributed by atoms with Crippen LogP contribution in [0, 0.1) is 5.41 Å². The summed E-state index contributed by atoms with van der Waals surface area (Å²) < 4.78 is 1.87. The lowest BCUT2D eigenvalue weighted by Crippen LogP contribution is -2.28. The maximum atomic E-state index is 12.6. The first-order valence-electron chi connectivity index (χ1n) is 10.3. The summed E-state index contributed by atoms with van der Waals surface area (Å²) in [4.78, 5) is 26.6. The van der Waals surface area contributed by atoms with Crippen LogP contribution in [0.2, 0.25) is 0 Å². The van der Waals surface area contributed by atoms with Crippen LogP contribution >= 0.6 is 0 Å². The topological polar surface area (TPSA) is 86.7 Å². The molecule has 1 aromatic carbocycles. The lowest BCUT2D eigenvalue weighted by atomic mass is 9.75. The maximum absolute atomic E-state index is 12.6. The minimum absolute atomic E-state index is 0.108. The summed E-state index contributed by atoms with van der Waals surface area (Å²) in [6.45, 7) is 4.20. The van der Waals surface area contributed by atoms with E-state index in [1.54, 1.807) is 12.4 Å². The van der Waals surface area contributed by atoms with E-state index in [0.717, 1.165) is 23.4 Å². The van der Waals surface area contributed by atoms with Gasteiger partial charge in [0.2, 0.25) is 0 Å². The van der Waals surface area contributed by atoms with E-state index in [2.05, 4.69) is 18.8 Å². The fourth-order valence-corrected chi connectivity index (χ4v) is 4.22. The van der Waals surface area contributed by atoms with Crippen LogP contribution in [-0.2, 0) is 6.42 Å². The second kappa shape index (κ2) is 7.16. The Kier molecular flexibility index (Phi) is 4.43. The van der Waals surface area contributed by atoms with Gasteiger partial charge in [-0.3, -0.25) is 14.3 Å². The minimum atomic E-state index is -0.108. The van der Waals surface area contributed by atoms with E-state index in [1.807, 2.05) is 59.2 Å². The number of carbonyl (C=O) groups excluding carboxylic acids is 1. The molecule has 3 heterocycles. The quantitative estimate of drug-likeness (QED) is 0.528. The van der Waals surface area contributed by atoms with Crippen molar-refractivity contribution in [1.82, 2.24) is 19.5 Å². The predicted molar refractivity (Wildman–Crippen MR) is 121 cm³/mol. The van der Waals surface area contributed by atoms with Gasteiger partial charge in [0, 0.05) is 23.7 Å². The number of nitrogens with two attached hydrogens (primary N) is 1. The highest BCUT2D eigenvalue weighted by Crippen LogP contribution is 2.37. The molecule has 0 unspecified atom stereocenters. The highest BCUT2D eigenvalue weighted by Gasteiger charge is 2.32. The van der Waals surface area contributed by atoms with Gasteiger partial charge in [-0.05, 0) is 36.1 Å². The Bertz CT molecular complexity index is 1280. The van der Waals surface area contributed by atoms with Crippen LogP contribution < -0.4 is 5.73 Å². The lowest BCUT2D eigenvalue weighted by Gasteiger charge is -2.29. The Hall–Kier alpha value is -3.80. The molecule has 6 heteroatoms. The third kappa shape index (κ3) is 3.40. The standard InChI is InChI=1S/C25H23N5O/c1-25(2)13-20-18(21(31)14-25)10-11-19(28-20)24-29-22(16-7-4-3-5-8-16)23(26)30(24)17-9-6-12-27-15-17/h3-12,15H,13-14,26H2,1-2H3. The van der Waals surface area contributed by atoms with Crippen LogP contribution in [0.25, 0.3) is 28.5 Å². The van der Waals surface area contributed by atoms with E-state index in [9.17, 15) is 4.79 Å². The van der Waals surface area contributed by atoms with Crippen LogP contribution in [0.1, 0.15) is 36.3 Å². The number of imidazole rings is 1. The molecule has 3 aromatic heterocycles. The Morgan fingerprint density at radius 2 is 1.77 bits per heavy atom. The fraction of sp³-hybridized carbons (Fsp3) is 0.200. The first-order chi connectivity index (χ1) is 14.9. The van der Waals surface area contributed by atoms with Crippen molar-refractivity contribution in [3.63, 3.8) is 0 Å². The second-order valence-electron chi connectivity index (χ2n) is 8.71. The van der Waals surface area contributed by atoms with Crippen molar-refractivity contribution < 1.29 is 4.79 Å². The van der Waals surface area contributed by atoms with E-state index in [-0.39, 0.29) is 11.2 Å². The molecule has 0 amide bonds. The molecule has 0 radical (unpaired) electrons. The second-order valence-corrected chi connectivity index (χ2v) is 8.71. The van der Waals surface area contributed by atoms with Gasteiger partial charge < -0.3 is 5.73 Å². The summed E-state index contributed by atoms with van der Waals surface area (Å²) in [7, 11) is 0. The third-order valence-electron chi connectivity index (χ3n) is 5.65. The van der Waals surface area contributed by atoms with Crippen molar-refractivity contribution in [1.29, 1.82) is 0 Å². The van der Waals surface area contributed by atoms with Gasteiger partial charge >= 0.3 is 0 Å². The van der Waals surface area contributed by atoms with Crippen molar-refractivity contribution in [3.05, 3.63) is 78.2 Å². The van der Waals surface area contributed by atoms with Crippen molar-refractivity contribution >= 4 is 11.6 Å². The van der Waals surface area contributed by atoms with E-state index in [0.29, 0.717) is 35.0 Å². The number of nitrogens with zero attached hydrogens (tertiary/aromatic N) is 4. The summed E-state index contributed by atoms with van der Waals surface area (Å²) in [6, 6.07) is 17.4. The molecule has 0 aliphatic heterocycles. The van der Waals surface area contributed by atoms with Crippen LogP contribution in [-0.4, -0.2) is 25.3 Å². The van der Waals surface area contributed by atoms with E-state index >= 15 is 0 Å². The molecule has 2 N–H and O–H groups in total. The Morgan fingerprint density at radius 1 is 0.968 bits per heavy atom. The summed E-state index contributed by atoms with van der Waals surface area (Å²) in [5.74, 6) is 1.29. The average Bonchev–Trinajstić information content (AvgIpc) is 3.11. The number of Topliss-reactive ketones (excluding diaryl/α,β-unsaturated/α-hetero) is 1. The van der Waals surface area contributed by atoms with Crippen molar-refractivity contribution in [3.8, 4) is 28.5 Å². The molecule has 31 heavy (non-hydrogen) atoms. The van der Waals surface area contributed by atoms with Gasteiger partial charge in [-0.1, -0.05) is 44.2 Å². The fourth-order valence-electron chi connectivity index (χ4n) is 4.22. The smallest absolute Gasteiger partial charge is 0.165 e. The molecular weight excluding hydrogens is 386 g/mol. The summed E-state index contributed by atoms with van der Waals surface area (Å²) in [6.07, 6.45) is 4.76. The number of rotatable bonds is 3. The first-order valence-corrected chi connectivity index (χ1v) is 10.3. The number of hydrogen-bond acceptors (Lipinski definition) is 5. The Balaban J connectivity index is 1.72. The van der Waals surface area contributed by atoms with Gasteiger partial charge in [-0.25, -0.2) is 9.97 Å². The van der Waals surface area contributed by atoms with Crippen LogP contribution in [0.5, 0.6) is 0 Å². The molecular formula is C25H23N5O. The number of benzene rings is 1. The number of hydrogen-bond donors (Lipinski definition) is 1. The zero-order valence-corrected chi connectivity index (χ0v) is 17.5. The normalized spacial score (nSPS) is 15.0. The Morgan fingerprint density at radius 3 is 2.52 bits per heavy atom. The number of ketones is 1. The molecule has 0 saturated carbocycles. The maximum Gasteiger partial charge on any atom is 0.165 e. The monoisotopic (exact) mass is 409 g/mol. The van der Waals surface area contributed by atoms with Crippen LogP contribution in [0.3, 0.4) is 0 Å². The number of nitrogen functional groups attached to an aromatic ring is 1. The Labute approximate surface area is 180 Å². The molecule has 0 fully saturated rings. The largest absolute Gasteiger partial charge is 0.383 e. The van der Waals surface area contributed by atoms with E-state index in [4.69, 9.17) is 15.7 Å². The molecule has 0 saturated heterocycles. The predicted octanol–water partition coefficient (Wildman–Crippen LogP) is 4.73. The molecule has 5 rings (SSSR count). The van der Waals surface area contributed by atoms with Crippen molar-refractivity contribution in [2.45, 2.75) is 26.7 Å². The third-order valence-corrected chi connectivity index (χ3v) is 5.65. The number of pyridine rings is 2. The SMILES string of the molecule is CC1(C)CC(=O)c2ccc(-c3nc(-c4ccccc4)c(N)n3-c3cccnc3)nc2C1. The van der Waals surface area contributed by atoms with Gasteiger partial charge in [0.15, 0.2) is 11.6 Å². The van der Waals surface area contributed by atoms with Gasteiger partial charge in [-0.15, -0.1) is 0 Å². The van der Waals surface area contributed by atoms with Crippen molar-refractivity contribution in [2.75, 3.05) is 5.73 Å². The van der Waals surface area contributed by atoms with Crippen LogP contribution in [0.15, 0.2) is 67.0 Å². The summed E-state index contributed by atoms with van der Waals surface area (Å²) in [5.41, 5.74) is 11.1.